The minimum atomic E-state index is 0.138. The first-order valence-electron chi connectivity index (χ1n) is 24.1. The van der Waals surface area contributed by atoms with E-state index in [-0.39, 0.29) is 12.1 Å². The number of benzene rings is 10. The Bertz CT molecular complexity index is 4390. The normalized spacial score (nSPS) is 12.2. The maximum absolute atomic E-state index is 9.85. The Morgan fingerprint density at radius 3 is 1.39 bits per heavy atom. The van der Waals surface area contributed by atoms with Gasteiger partial charge in [-0.15, -0.1) is 0 Å². The minimum absolute atomic E-state index is 0.138. The van der Waals surface area contributed by atoms with Crippen LogP contribution >= 0.6 is 0 Å². The third kappa shape index (κ3) is 6.23. The van der Waals surface area contributed by atoms with Crippen LogP contribution in [0.5, 0.6) is 0 Å². The molecule has 322 valence electrons. The van der Waals surface area contributed by atoms with Crippen LogP contribution in [-0.2, 0) is 0 Å². The molecule has 0 amide bonds. The number of nitrogens with zero attached hydrogens (tertiary/aromatic N) is 5. The van der Waals surface area contributed by atoms with Crippen LogP contribution in [0.3, 0.4) is 0 Å². The lowest BCUT2D eigenvalue weighted by Gasteiger charge is -2.14. The minimum Gasteiger partial charge on any atom is -0.456 e. The van der Waals surface area contributed by atoms with Gasteiger partial charge in [0, 0.05) is 49.1 Å². The second kappa shape index (κ2) is 15.6. The fourth-order valence-corrected chi connectivity index (χ4v) is 10.3. The zero-order valence-corrected chi connectivity index (χ0v) is 37.0. The second-order valence-electron chi connectivity index (χ2n) is 17.4. The number of fused-ring (bicyclic) bond motifs is 10. The lowest BCUT2D eigenvalue weighted by molar-refractivity contribution is 0.669. The van der Waals surface area contributed by atoms with Crippen LogP contribution < -0.4 is 0 Å². The first kappa shape index (κ1) is 36.8. The van der Waals surface area contributed by atoms with Gasteiger partial charge in [-0.2, -0.15) is 9.97 Å². The zero-order valence-electron chi connectivity index (χ0n) is 39.0. The van der Waals surface area contributed by atoms with E-state index >= 15 is 0 Å². The molecule has 0 radical (unpaired) electrons. The Hall–Kier alpha value is -9.39. The Morgan fingerprint density at radius 2 is 0.783 bits per heavy atom. The fraction of sp³-hybridized carbons (Fsp3) is 0. The number of aromatic nitrogens is 5. The third-order valence-corrected chi connectivity index (χ3v) is 13.4. The van der Waals surface area contributed by atoms with Crippen LogP contribution in [0.1, 0.15) is 2.74 Å². The summed E-state index contributed by atoms with van der Waals surface area (Å²) in [6.07, 6.45) is 0. The van der Waals surface area contributed by atoms with E-state index in [2.05, 4.69) is 149 Å². The van der Waals surface area contributed by atoms with Gasteiger partial charge in [0.25, 0.3) is 0 Å². The average Bonchev–Trinajstić information content (AvgIpc) is 4.12. The van der Waals surface area contributed by atoms with Gasteiger partial charge in [-0.1, -0.05) is 200 Å². The summed E-state index contributed by atoms with van der Waals surface area (Å²) in [6.45, 7) is 0. The van der Waals surface area contributed by atoms with Crippen molar-refractivity contribution in [2.45, 2.75) is 0 Å². The monoisotopic (exact) mass is 883 g/mol. The summed E-state index contributed by atoms with van der Waals surface area (Å²) in [5, 5.41) is 4.92. The van der Waals surface area contributed by atoms with Crippen molar-refractivity contribution in [2.24, 2.45) is 0 Å². The van der Waals surface area contributed by atoms with E-state index in [9.17, 15) is 2.74 Å². The number of hydrogen-bond acceptors (Lipinski definition) is 4. The molecule has 0 N–H and O–H groups in total. The summed E-state index contributed by atoms with van der Waals surface area (Å²) in [5.74, 6) is 1.34. The molecule has 6 nitrogen and oxygen atoms in total. The molecule has 0 saturated heterocycles. The smallest absolute Gasteiger partial charge is 0.238 e. The van der Waals surface area contributed by atoms with Gasteiger partial charge in [0.2, 0.25) is 5.95 Å². The van der Waals surface area contributed by atoms with Crippen molar-refractivity contribution in [1.82, 2.24) is 24.1 Å². The molecule has 0 spiro atoms. The van der Waals surface area contributed by atoms with E-state index in [1.165, 1.54) is 0 Å². The van der Waals surface area contributed by atoms with Crippen molar-refractivity contribution < 1.29 is 7.16 Å². The maximum Gasteiger partial charge on any atom is 0.238 e. The molecule has 6 heteroatoms. The molecule has 4 aromatic heterocycles. The fourth-order valence-electron chi connectivity index (χ4n) is 10.3. The zero-order chi connectivity index (χ0) is 47.2. The summed E-state index contributed by atoms with van der Waals surface area (Å²) in [5.41, 5.74) is 13.8. The molecule has 10 aromatic carbocycles. The van der Waals surface area contributed by atoms with Gasteiger partial charge in [0.1, 0.15) is 11.2 Å². The Balaban J connectivity index is 1.09. The van der Waals surface area contributed by atoms with Gasteiger partial charge in [-0.3, -0.25) is 4.57 Å². The molecule has 0 bridgehead atoms. The standard InChI is InChI=1S/C63H39N5O/c1-4-16-40(17-5-1)42-30-32-45(33-31-42)61-64-62(52-25-15-29-56-58(52)57-47(24-14-28-55(57)69-56)44-20-8-3-9-21-44)66-63(65-61)68-54-27-13-11-23-49(54)51-39-38-50-48-22-10-12-26-53(48)67(59(50)60(51)68)46-36-34-43(35-37-46)41-18-6-2-7-19-41/h1-39H/i38D,39D. The molecule has 4 heterocycles. The Labute approximate surface area is 399 Å². The van der Waals surface area contributed by atoms with Crippen LogP contribution in [-0.4, -0.2) is 24.1 Å². The van der Waals surface area contributed by atoms with E-state index in [0.29, 0.717) is 28.4 Å². The van der Waals surface area contributed by atoms with Gasteiger partial charge in [-0.25, -0.2) is 4.98 Å². The van der Waals surface area contributed by atoms with Crippen molar-refractivity contribution in [1.29, 1.82) is 0 Å². The van der Waals surface area contributed by atoms with Crippen LogP contribution in [0.2, 0.25) is 0 Å². The van der Waals surface area contributed by atoms with Crippen molar-refractivity contribution in [3.05, 3.63) is 237 Å². The van der Waals surface area contributed by atoms with Crippen molar-refractivity contribution in [3.8, 4) is 67.8 Å². The number of rotatable bonds is 7. The highest BCUT2D eigenvalue weighted by Gasteiger charge is 2.25. The highest BCUT2D eigenvalue weighted by Crippen LogP contribution is 2.44. The predicted molar refractivity (Wildman–Crippen MR) is 283 cm³/mol. The highest BCUT2D eigenvalue weighted by atomic mass is 16.3. The number of hydrogen-bond donors (Lipinski definition) is 0. The van der Waals surface area contributed by atoms with Gasteiger partial charge < -0.3 is 8.98 Å². The van der Waals surface area contributed by atoms with E-state index in [1.807, 2.05) is 84.9 Å². The summed E-state index contributed by atoms with van der Waals surface area (Å²) in [6, 6.07) is 76.9. The topological polar surface area (TPSA) is 61.7 Å². The Kier molecular flexibility index (Phi) is 8.32. The van der Waals surface area contributed by atoms with Crippen LogP contribution in [0.15, 0.2) is 241 Å². The molecular formula is C63H39N5O. The summed E-state index contributed by atoms with van der Waals surface area (Å²) in [4.78, 5) is 16.3. The quantitative estimate of drug-likeness (QED) is 0.160. The molecule has 0 aliphatic heterocycles. The molecular weight excluding hydrogens is 843 g/mol. The highest BCUT2D eigenvalue weighted by molar-refractivity contribution is 6.24. The molecule has 0 aliphatic rings. The van der Waals surface area contributed by atoms with Crippen molar-refractivity contribution in [2.75, 3.05) is 0 Å². The lowest BCUT2D eigenvalue weighted by atomic mass is 9.97. The molecule has 0 aliphatic carbocycles. The molecule has 69 heavy (non-hydrogen) atoms. The lowest BCUT2D eigenvalue weighted by Crippen LogP contribution is -2.07. The third-order valence-electron chi connectivity index (χ3n) is 13.4. The summed E-state index contributed by atoms with van der Waals surface area (Å²) in [7, 11) is 0. The predicted octanol–water partition coefficient (Wildman–Crippen LogP) is 16.3. The van der Waals surface area contributed by atoms with E-state index in [1.54, 1.807) is 0 Å². The largest absolute Gasteiger partial charge is 0.456 e. The Morgan fingerprint density at radius 1 is 0.333 bits per heavy atom. The van der Waals surface area contributed by atoms with E-state index in [4.69, 9.17) is 19.4 Å². The molecule has 0 atom stereocenters. The van der Waals surface area contributed by atoms with Crippen LogP contribution in [0.25, 0.3) is 133 Å². The summed E-state index contributed by atoms with van der Waals surface area (Å²) >= 11 is 0. The maximum atomic E-state index is 9.85. The number of para-hydroxylation sites is 2. The number of furan rings is 1. The molecule has 14 rings (SSSR count). The van der Waals surface area contributed by atoms with E-state index < -0.39 is 0 Å². The average molecular weight is 884 g/mol. The van der Waals surface area contributed by atoms with Crippen molar-refractivity contribution in [3.63, 3.8) is 0 Å². The van der Waals surface area contributed by atoms with Gasteiger partial charge in [0.05, 0.1) is 24.8 Å². The molecule has 0 unspecified atom stereocenters. The summed E-state index contributed by atoms with van der Waals surface area (Å²) < 4.78 is 30.6. The van der Waals surface area contributed by atoms with E-state index in [0.717, 1.165) is 105 Å². The SMILES string of the molecule is [2H]c1c([2H])c2c3ccccc3n(-c3nc(-c4ccc(-c5ccccc5)cc4)nc(-c4cccc5oc6cccc(-c7ccccc7)c6c45)n3)c2c2c1c1ccccc1n2-c1ccc(-c2ccccc2)cc1. The van der Waals surface area contributed by atoms with Gasteiger partial charge in [-0.05, 0) is 69.8 Å². The van der Waals surface area contributed by atoms with Crippen molar-refractivity contribution >= 4 is 65.6 Å². The van der Waals surface area contributed by atoms with Crippen LogP contribution in [0, 0.1) is 0 Å². The molecule has 0 saturated carbocycles. The first-order valence-corrected chi connectivity index (χ1v) is 23.1. The van der Waals surface area contributed by atoms with Crippen LogP contribution in [0.4, 0.5) is 0 Å². The van der Waals surface area contributed by atoms with Gasteiger partial charge in [0.15, 0.2) is 11.6 Å². The van der Waals surface area contributed by atoms with Gasteiger partial charge >= 0.3 is 0 Å². The molecule has 14 aromatic rings. The first-order chi connectivity index (χ1) is 35.1. The molecule has 0 fully saturated rings. The second-order valence-corrected chi connectivity index (χ2v) is 17.4.